The Kier molecular flexibility index (Phi) is 10.9. The van der Waals surface area contributed by atoms with Gasteiger partial charge in [0, 0.05) is 0 Å². The molecule has 6 nitrogen and oxygen atoms in total. The van der Waals surface area contributed by atoms with E-state index >= 15 is 0 Å². The zero-order valence-electron chi connectivity index (χ0n) is 11.7. The van der Waals surface area contributed by atoms with E-state index in [1.54, 1.807) is 0 Å². The average molecular weight is 360 g/mol. The summed E-state index contributed by atoms with van der Waals surface area (Å²) in [6.45, 7) is 0. The summed E-state index contributed by atoms with van der Waals surface area (Å²) in [7, 11) is 0. The first-order valence-electron chi connectivity index (χ1n) is 7.12. The molecule has 0 spiro atoms. The summed E-state index contributed by atoms with van der Waals surface area (Å²) >= 11 is -6.02. The van der Waals surface area contributed by atoms with E-state index in [0.717, 1.165) is 12.1 Å². The summed E-state index contributed by atoms with van der Waals surface area (Å²) in [5.41, 5.74) is 8.00. The number of rotatable bonds is 0. The SMILES string of the molecule is [NH3+]C1CCCCC1.[NH3+]C1CCCCC1.[O]=[Mo](=[O])([O-])[O-]. The third-order valence-electron chi connectivity index (χ3n) is 3.45. The molecule has 19 heavy (non-hydrogen) atoms. The molecule has 2 aliphatic carbocycles. The van der Waals surface area contributed by atoms with Crippen molar-refractivity contribution in [2.75, 3.05) is 0 Å². The topological polar surface area (TPSA) is 136 Å². The molecular formula is C12H28MoN2O4. The third-order valence-corrected chi connectivity index (χ3v) is 3.45. The quantitative estimate of drug-likeness (QED) is 0.508. The van der Waals surface area contributed by atoms with Gasteiger partial charge < -0.3 is 11.5 Å². The standard InChI is InChI=1S/2C6H13N.Mo.4O/c2*7-6-4-2-1-3-5-6;;;;;/h2*6H,1-5,7H2;;;;;/q;;;;;2*-1/p+2. The number of hydrogen-bond donors (Lipinski definition) is 2. The summed E-state index contributed by atoms with van der Waals surface area (Å²) in [6.07, 6.45) is 14.1. The van der Waals surface area contributed by atoms with Gasteiger partial charge in [-0.05, 0) is 51.4 Å². The molecule has 2 saturated carbocycles. The van der Waals surface area contributed by atoms with Crippen molar-refractivity contribution in [1.29, 1.82) is 0 Å². The Hall–Kier alpha value is 0.128. The van der Waals surface area contributed by atoms with Crippen molar-refractivity contribution in [1.82, 2.24) is 0 Å². The molecule has 2 aliphatic rings. The van der Waals surface area contributed by atoms with Crippen LogP contribution in [0.4, 0.5) is 0 Å². The second kappa shape index (κ2) is 10.9. The number of quaternary nitrogens is 2. The van der Waals surface area contributed by atoms with Crippen molar-refractivity contribution < 1.29 is 42.5 Å². The van der Waals surface area contributed by atoms with E-state index in [0.29, 0.717) is 0 Å². The van der Waals surface area contributed by atoms with Gasteiger partial charge in [-0.2, -0.15) is 0 Å². The predicted molar refractivity (Wildman–Crippen MR) is 60.9 cm³/mol. The molecule has 0 aromatic carbocycles. The molecule has 0 aliphatic heterocycles. The van der Waals surface area contributed by atoms with Gasteiger partial charge in [0.05, 0.1) is 12.1 Å². The zero-order chi connectivity index (χ0) is 14.7. The molecule has 0 amide bonds. The van der Waals surface area contributed by atoms with Crippen LogP contribution in [0, 0.1) is 0 Å². The molecule has 2 rings (SSSR count). The van der Waals surface area contributed by atoms with Crippen LogP contribution in [0.1, 0.15) is 64.2 Å². The Morgan fingerprint density at radius 2 is 0.895 bits per heavy atom. The summed E-state index contributed by atoms with van der Waals surface area (Å²) < 4.78 is 34.5. The molecule has 0 saturated heterocycles. The maximum atomic E-state index is 8.63. The van der Waals surface area contributed by atoms with E-state index < -0.39 is 16.7 Å². The van der Waals surface area contributed by atoms with Crippen molar-refractivity contribution >= 4 is 0 Å². The van der Waals surface area contributed by atoms with Crippen molar-refractivity contribution in [3.8, 4) is 0 Å². The van der Waals surface area contributed by atoms with Crippen LogP contribution in [0.5, 0.6) is 0 Å². The van der Waals surface area contributed by atoms with Crippen molar-refractivity contribution in [3.63, 3.8) is 0 Å². The molecule has 2 fully saturated rings. The van der Waals surface area contributed by atoms with E-state index in [-0.39, 0.29) is 0 Å². The van der Waals surface area contributed by atoms with Gasteiger partial charge in [-0.15, -0.1) is 0 Å². The van der Waals surface area contributed by atoms with Crippen LogP contribution in [0.25, 0.3) is 0 Å². The van der Waals surface area contributed by atoms with Gasteiger partial charge in [-0.3, -0.25) is 0 Å². The molecule has 0 atom stereocenters. The van der Waals surface area contributed by atoms with Crippen LogP contribution in [-0.4, -0.2) is 12.1 Å². The molecule has 6 N–H and O–H groups in total. The fourth-order valence-corrected chi connectivity index (χ4v) is 2.37. The second-order valence-corrected chi connectivity index (χ2v) is 7.42. The van der Waals surface area contributed by atoms with Crippen LogP contribution < -0.4 is 19.0 Å². The summed E-state index contributed by atoms with van der Waals surface area (Å²) in [5.74, 6) is 0. The van der Waals surface area contributed by atoms with Gasteiger partial charge in [-0.25, -0.2) is 0 Å². The van der Waals surface area contributed by atoms with Crippen molar-refractivity contribution in [3.05, 3.63) is 0 Å². The summed E-state index contributed by atoms with van der Waals surface area (Å²) in [6, 6.07) is 1.57. The third kappa shape index (κ3) is 18.1. The summed E-state index contributed by atoms with van der Waals surface area (Å²) in [5, 5.41) is 0. The van der Waals surface area contributed by atoms with Gasteiger partial charge >= 0.3 is 31.1 Å². The van der Waals surface area contributed by atoms with Gasteiger partial charge in [0.15, 0.2) is 0 Å². The van der Waals surface area contributed by atoms with Crippen LogP contribution in [0.2, 0.25) is 0 Å². The average Bonchev–Trinajstić information content (AvgIpc) is 2.29. The Labute approximate surface area is 119 Å². The molecular weight excluding hydrogens is 332 g/mol. The number of hydrogen-bond acceptors (Lipinski definition) is 4. The molecule has 116 valence electrons. The first-order chi connectivity index (χ1) is 8.79. The van der Waals surface area contributed by atoms with Gasteiger partial charge in [0.1, 0.15) is 0 Å². The molecule has 0 unspecified atom stereocenters. The first kappa shape index (κ1) is 19.1. The Balaban J connectivity index is 0.000000261. The van der Waals surface area contributed by atoms with E-state index in [1.165, 1.54) is 64.2 Å². The normalized spacial score (nSPS) is 21.7. The minimum atomic E-state index is -6.02. The van der Waals surface area contributed by atoms with Crippen LogP contribution >= 0.6 is 0 Å². The fraction of sp³-hybridized carbons (Fsp3) is 1.00. The van der Waals surface area contributed by atoms with Crippen LogP contribution in [0.15, 0.2) is 0 Å². The van der Waals surface area contributed by atoms with E-state index in [4.69, 9.17) is 14.3 Å². The first-order valence-corrected chi connectivity index (χ1v) is 10.4. The second-order valence-electron chi connectivity index (χ2n) is 5.42. The van der Waals surface area contributed by atoms with E-state index in [2.05, 4.69) is 11.5 Å². The predicted octanol–water partition coefficient (Wildman–Crippen LogP) is -1.50. The Morgan fingerprint density at radius 3 is 1.00 bits per heavy atom. The molecule has 0 bridgehead atoms. The van der Waals surface area contributed by atoms with Gasteiger partial charge in [0.2, 0.25) is 0 Å². The molecule has 0 heterocycles. The fourth-order valence-electron chi connectivity index (χ4n) is 2.37. The molecule has 0 aromatic heterocycles. The van der Waals surface area contributed by atoms with Gasteiger partial charge in [-0.1, -0.05) is 12.8 Å². The van der Waals surface area contributed by atoms with E-state index in [1.807, 2.05) is 0 Å². The monoisotopic (exact) mass is 362 g/mol. The maximum absolute atomic E-state index is 8.63. The van der Waals surface area contributed by atoms with E-state index in [9.17, 15) is 0 Å². The molecule has 7 heteroatoms. The Bertz CT molecular complexity index is 273. The van der Waals surface area contributed by atoms with Crippen LogP contribution in [-0.2, 0) is 23.5 Å². The van der Waals surface area contributed by atoms with Crippen molar-refractivity contribution in [2.45, 2.75) is 76.3 Å². The Morgan fingerprint density at radius 1 is 0.684 bits per heavy atom. The summed E-state index contributed by atoms with van der Waals surface area (Å²) in [4.78, 5) is 0. The van der Waals surface area contributed by atoms with Crippen LogP contribution in [0.3, 0.4) is 0 Å². The molecule has 0 aromatic rings. The molecule has 0 radical (unpaired) electrons. The van der Waals surface area contributed by atoms with Crippen molar-refractivity contribution in [2.24, 2.45) is 0 Å². The van der Waals surface area contributed by atoms with Gasteiger partial charge in [0.25, 0.3) is 0 Å². The zero-order valence-corrected chi connectivity index (χ0v) is 13.7. The minimum absolute atomic E-state index is 0.786.